The molecule has 10 heteroatoms. The van der Waals surface area contributed by atoms with Crippen molar-refractivity contribution in [3.63, 3.8) is 0 Å². The zero-order valence-corrected chi connectivity index (χ0v) is 18.0. The van der Waals surface area contributed by atoms with Gasteiger partial charge in [-0.05, 0) is 42.6 Å². The summed E-state index contributed by atoms with van der Waals surface area (Å²) in [6.07, 6.45) is 0.161. The van der Waals surface area contributed by atoms with Crippen LogP contribution in [0.2, 0.25) is 0 Å². The molecule has 0 saturated carbocycles. The number of aromatic nitrogens is 2. The largest absolute Gasteiger partial charge is 0.435 e. The Hall–Kier alpha value is -2.69. The summed E-state index contributed by atoms with van der Waals surface area (Å²) >= 11 is 4.47. The van der Waals surface area contributed by atoms with Crippen molar-refractivity contribution in [2.75, 3.05) is 5.32 Å². The molecule has 0 saturated heterocycles. The van der Waals surface area contributed by atoms with E-state index in [1.165, 1.54) is 34.8 Å². The zero-order valence-electron chi connectivity index (χ0n) is 15.6. The fourth-order valence-electron chi connectivity index (χ4n) is 2.75. The van der Waals surface area contributed by atoms with Gasteiger partial charge in [0.2, 0.25) is 5.91 Å². The van der Waals surface area contributed by atoms with Gasteiger partial charge in [0.1, 0.15) is 10.8 Å². The Morgan fingerprint density at radius 1 is 1.13 bits per heavy atom. The first kappa shape index (κ1) is 20.6. The van der Waals surface area contributed by atoms with E-state index in [2.05, 4.69) is 20.0 Å². The van der Waals surface area contributed by atoms with E-state index in [0.29, 0.717) is 16.5 Å². The number of thiophene rings is 1. The maximum atomic E-state index is 12.4. The number of hydrogen-bond donors (Lipinski definition) is 1. The molecule has 0 atom stereocenters. The van der Waals surface area contributed by atoms with E-state index in [-0.39, 0.29) is 18.1 Å². The number of anilines is 1. The van der Waals surface area contributed by atoms with Crippen molar-refractivity contribution in [2.45, 2.75) is 20.0 Å². The summed E-state index contributed by atoms with van der Waals surface area (Å²) in [7, 11) is 0. The number of carbonyl (C=O) groups is 1. The molecule has 0 spiro atoms. The first-order chi connectivity index (χ1) is 14.5. The van der Waals surface area contributed by atoms with Gasteiger partial charge in [0.15, 0.2) is 5.13 Å². The topological polar surface area (TPSA) is 64.1 Å². The molecule has 3 aromatic heterocycles. The highest BCUT2D eigenvalue weighted by molar-refractivity contribution is 7.16. The minimum absolute atomic E-state index is 0.0836. The molecule has 0 aliphatic heterocycles. The first-order valence-electron chi connectivity index (χ1n) is 8.77. The number of hydrogen-bond acceptors (Lipinski definition) is 7. The third-order valence-electron chi connectivity index (χ3n) is 4.06. The Labute approximate surface area is 183 Å². The van der Waals surface area contributed by atoms with Crippen LogP contribution in [0.3, 0.4) is 0 Å². The van der Waals surface area contributed by atoms with Crippen LogP contribution in [0.15, 0.2) is 46.5 Å². The molecule has 154 valence electrons. The molecular weight excluding hydrogens is 448 g/mol. The summed E-state index contributed by atoms with van der Waals surface area (Å²) in [5.74, 6) is -0.113. The maximum absolute atomic E-state index is 12.4. The van der Waals surface area contributed by atoms with Crippen LogP contribution in [0, 0.1) is 6.92 Å². The lowest BCUT2D eigenvalue weighted by atomic mass is 10.1. The van der Waals surface area contributed by atoms with Crippen molar-refractivity contribution in [1.29, 1.82) is 0 Å². The standard InChI is InChI=1S/C20H15F2N3O2S3/c1-11-17(12-2-4-15(5-3-12)27-19(21)22)25-20(30-11)24-16(26)8-14-10-29-18(23-14)13-6-7-28-9-13/h2-7,9-10,19H,8H2,1H3,(H,24,25,26). The average molecular weight is 464 g/mol. The van der Waals surface area contributed by atoms with Crippen LogP contribution in [-0.4, -0.2) is 22.5 Å². The van der Waals surface area contributed by atoms with E-state index in [1.807, 2.05) is 29.1 Å². The lowest BCUT2D eigenvalue weighted by molar-refractivity contribution is -0.115. The van der Waals surface area contributed by atoms with Crippen LogP contribution in [0.25, 0.3) is 21.8 Å². The molecule has 4 aromatic rings. The molecule has 1 aromatic carbocycles. The number of alkyl halides is 2. The Kier molecular flexibility index (Phi) is 6.16. The number of nitrogens with one attached hydrogen (secondary N) is 1. The predicted molar refractivity (Wildman–Crippen MR) is 117 cm³/mol. The van der Waals surface area contributed by atoms with Crippen molar-refractivity contribution in [1.82, 2.24) is 9.97 Å². The van der Waals surface area contributed by atoms with Crippen molar-refractivity contribution in [3.05, 3.63) is 57.0 Å². The third kappa shape index (κ3) is 4.89. The van der Waals surface area contributed by atoms with Gasteiger partial charge in [0.05, 0.1) is 17.8 Å². The highest BCUT2D eigenvalue weighted by atomic mass is 32.1. The van der Waals surface area contributed by atoms with Crippen molar-refractivity contribution in [3.8, 4) is 27.6 Å². The molecule has 0 aliphatic rings. The van der Waals surface area contributed by atoms with Crippen molar-refractivity contribution >= 4 is 45.0 Å². The second-order valence-corrected chi connectivity index (χ2v) is 9.05. The number of halogens is 2. The second kappa shape index (κ2) is 8.99. The van der Waals surface area contributed by atoms with E-state index >= 15 is 0 Å². The molecule has 4 rings (SSSR count). The number of thiazole rings is 2. The molecule has 0 aliphatic carbocycles. The Balaban J connectivity index is 1.41. The minimum atomic E-state index is -2.86. The number of carbonyl (C=O) groups excluding carboxylic acids is 1. The van der Waals surface area contributed by atoms with Gasteiger partial charge < -0.3 is 10.1 Å². The smallest absolute Gasteiger partial charge is 0.387 e. The maximum Gasteiger partial charge on any atom is 0.387 e. The highest BCUT2D eigenvalue weighted by Crippen LogP contribution is 2.32. The summed E-state index contributed by atoms with van der Waals surface area (Å²) in [4.78, 5) is 22.3. The Bertz CT molecular complexity index is 1140. The summed E-state index contributed by atoms with van der Waals surface area (Å²) in [6.45, 7) is -0.975. The van der Waals surface area contributed by atoms with E-state index in [9.17, 15) is 13.6 Å². The molecular formula is C20H15F2N3O2S3. The number of benzene rings is 1. The predicted octanol–water partition coefficient (Wildman–Crippen LogP) is 6.09. The lowest BCUT2D eigenvalue weighted by Crippen LogP contribution is -2.14. The summed E-state index contributed by atoms with van der Waals surface area (Å²) in [6, 6.07) is 8.25. The third-order valence-corrected chi connectivity index (χ3v) is 6.57. The number of nitrogens with zero attached hydrogens (tertiary/aromatic N) is 2. The van der Waals surface area contributed by atoms with Crippen LogP contribution in [0.4, 0.5) is 13.9 Å². The van der Waals surface area contributed by atoms with E-state index in [4.69, 9.17) is 0 Å². The molecule has 0 fully saturated rings. The van der Waals surface area contributed by atoms with Gasteiger partial charge in [-0.15, -0.1) is 22.7 Å². The highest BCUT2D eigenvalue weighted by Gasteiger charge is 2.14. The lowest BCUT2D eigenvalue weighted by Gasteiger charge is -2.05. The summed E-state index contributed by atoms with van der Waals surface area (Å²) < 4.78 is 28.9. The number of rotatable bonds is 7. The van der Waals surface area contributed by atoms with Crippen LogP contribution in [0.5, 0.6) is 5.75 Å². The van der Waals surface area contributed by atoms with Gasteiger partial charge in [-0.3, -0.25) is 4.79 Å². The normalized spacial score (nSPS) is 11.1. The number of aryl methyl sites for hydroxylation is 1. The van der Waals surface area contributed by atoms with E-state index < -0.39 is 6.61 Å². The molecule has 5 nitrogen and oxygen atoms in total. The Morgan fingerprint density at radius 2 is 1.93 bits per heavy atom. The van der Waals surface area contributed by atoms with Crippen LogP contribution in [0.1, 0.15) is 10.6 Å². The second-order valence-electron chi connectivity index (χ2n) is 6.21. The van der Waals surface area contributed by atoms with Gasteiger partial charge in [-0.1, -0.05) is 0 Å². The van der Waals surface area contributed by atoms with Crippen molar-refractivity contribution < 1.29 is 18.3 Å². The quantitative estimate of drug-likeness (QED) is 0.360. The fraction of sp³-hybridized carbons (Fsp3) is 0.150. The molecule has 0 radical (unpaired) electrons. The molecule has 0 unspecified atom stereocenters. The van der Waals surface area contributed by atoms with E-state index in [1.54, 1.807) is 23.5 Å². The molecule has 0 bridgehead atoms. The van der Waals surface area contributed by atoms with Crippen LogP contribution < -0.4 is 10.1 Å². The van der Waals surface area contributed by atoms with Gasteiger partial charge in [-0.25, -0.2) is 9.97 Å². The monoisotopic (exact) mass is 463 g/mol. The zero-order chi connectivity index (χ0) is 21.1. The molecule has 1 amide bonds. The van der Waals surface area contributed by atoms with Gasteiger partial charge >= 0.3 is 6.61 Å². The van der Waals surface area contributed by atoms with Gasteiger partial charge in [-0.2, -0.15) is 20.1 Å². The average Bonchev–Trinajstić information content (AvgIpc) is 3.43. The molecule has 3 heterocycles. The summed E-state index contributed by atoms with van der Waals surface area (Å²) in [5.41, 5.74) is 3.21. The Morgan fingerprint density at radius 3 is 2.63 bits per heavy atom. The molecule has 1 N–H and O–H groups in total. The van der Waals surface area contributed by atoms with Gasteiger partial charge in [0, 0.05) is 26.8 Å². The van der Waals surface area contributed by atoms with Crippen molar-refractivity contribution in [2.24, 2.45) is 0 Å². The number of amides is 1. The van der Waals surface area contributed by atoms with E-state index in [0.717, 1.165) is 21.0 Å². The SMILES string of the molecule is Cc1sc(NC(=O)Cc2csc(-c3ccsc3)n2)nc1-c1ccc(OC(F)F)cc1. The first-order valence-corrected chi connectivity index (χ1v) is 11.4. The minimum Gasteiger partial charge on any atom is -0.435 e. The summed E-state index contributed by atoms with van der Waals surface area (Å²) in [5, 5.41) is 10.1. The fourth-order valence-corrected chi connectivity index (χ4v) is 5.13. The van der Waals surface area contributed by atoms with Crippen LogP contribution in [-0.2, 0) is 11.2 Å². The molecule has 30 heavy (non-hydrogen) atoms. The number of ether oxygens (including phenoxy) is 1. The van der Waals surface area contributed by atoms with Crippen LogP contribution >= 0.6 is 34.0 Å². The van der Waals surface area contributed by atoms with Gasteiger partial charge in [0.25, 0.3) is 0 Å².